The number of fused-ring (bicyclic) bond motifs is 2. The molecule has 3 aromatic rings. The molecule has 4 nitrogen and oxygen atoms in total. The number of thioether (sulfide) groups is 1. The van der Waals surface area contributed by atoms with Gasteiger partial charge in [0.1, 0.15) is 0 Å². The van der Waals surface area contributed by atoms with Crippen molar-refractivity contribution in [3.05, 3.63) is 70.5 Å². The van der Waals surface area contributed by atoms with E-state index in [2.05, 4.69) is 18.0 Å². The molecule has 1 N–H and O–H groups in total. The summed E-state index contributed by atoms with van der Waals surface area (Å²) in [5.74, 6) is -0.121. The Labute approximate surface area is 149 Å². The first kappa shape index (κ1) is 16.0. The monoisotopic (exact) mass is 350 g/mol. The lowest BCUT2D eigenvalue weighted by Crippen LogP contribution is -2.33. The van der Waals surface area contributed by atoms with Crippen molar-refractivity contribution in [2.45, 2.75) is 23.5 Å². The first-order valence-electron chi connectivity index (χ1n) is 8.33. The topological polar surface area (TPSA) is 53.2 Å². The molecule has 1 aliphatic rings. The van der Waals surface area contributed by atoms with Gasteiger partial charge in [0.15, 0.2) is 0 Å². The number of H-pyrrole nitrogens is 1. The lowest BCUT2D eigenvalue weighted by molar-refractivity contribution is 0.0988. The van der Waals surface area contributed by atoms with Crippen molar-refractivity contribution in [2.24, 2.45) is 0 Å². The summed E-state index contributed by atoms with van der Waals surface area (Å²) in [6.07, 6.45) is 0.909. The van der Waals surface area contributed by atoms with Crippen LogP contribution in [-0.4, -0.2) is 22.7 Å². The second-order valence-corrected chi connectivity index (χ2v) is 7.71. The number of para-hydroxylation sites is 2. The van der Waals surface area contributed by atoms with Crippen molar-refractivity contribution in [1.82, 2.24) is 4.98 Å². The van der Waals surface area contributed by atoms with Crippen molar-refractivity contribution >= 4 is 34.3 Å². The number of hydrogen-bond donors (Lipinski definition) is 1. The predicted octanol–water partition coefficient (Wildman–Crippen LogP) is 4.06. The van der Waals surface area contributed by atoms with Crippen molar-refractivity contribution in [3.8, 4) is 0 Å². The Balaban J connectivity index is 1.86. The van der Waals surface area contributed by atoms with E-state index < -0.39 is 0 Å². The highest BCUT2D eigenvalue weighted by Gasteiger charge is 2.26. The highest BCUT2D eigenvalue weighted by molar-refractivity contribution is 8.00. The van der Waals surface area contributed by atoms with Crippen LogP contribution in [0.15, 0.2) is 64.3 Å². The minimum atomic E-state index is -0.257. The molecule has 5 heteroatoms. The highest BCUT2D eigenvalue weighted by atomic mass is 32.2. The molecule has 2 heterocycles. The van der Waals surface area contributed by atoms with E-state index in [0.717, 1.165) is 22.4 Å². The van der Waals surface area contributed by atoms with Gasteiger partial charge in [-0.15, -0.1) is 11.8 Å². The van der Waals surface area contributed by atoms with Gasteiger partial charge in [0.2, 0.25) is 5.56 Å². The molecule has 1 aliphatic heterocycles. The van der Waals surface area contributed by atoms with Gasteiger partial charge in [0.25, 0.3) is 5.91 Å². The van der Waals surface area contributed by atoms with Gasteiger partial charge in [0.05, 0.1) is 11.3 Å². The van der Waals surface area contributed by atoms with E-state index in [1.54, 1.807) is 11.8 Å². The van der Waals surface area contributed by atoms with Crippen molar-refractivity contribution in [1.29, 1.82) is 0 Å². The Morgan fingerprint density at radius 3 is 2.80 bits per heavy atom. The van der Waals surface area contributed by atoms with Gasteiger partial charge in [-0.05, 0) is 24.6 Å². The number of hydrogen-bond acceptors (Lipinski definition) is 3. The molecule has 0 spiro atoms. The Hall–Kier alpha value is -2.53. The van der Waals surface area contributed by atoms with E-state index >= 15 is 0 Å². The number of amides is 1. The fourth-order valence-corrected chi connectivity index (χ4v) is 4.34. The maximum Gasteiger partial charge on any atom is 0.259 e. The number of carbonyl (C=O) groups excluding carboxylic acids is 1. The number of pyridine rings is 1. The second-order valence-electron chi connectivity index (χ2n) is 6.23. The van der Waals surface area contributed by atoms with Gasteiger partial charge in [-0.1, -0.05) is 37.3 Å². The molecule has 2 aromatic carbocycles. The zero-order valence-electron chi connectivity index (χ0n) is 13.9. The number of carbonyl (C=O) groups is 1. The first-order chi connectivity index (χ1) is 12.1. The quantitative estimate of drug-likeness (QED) is 0.720. The summed E-state index contributed by atoms with van der Waals surface area (Å²) in [6.45, 7) is 2.82. The third-order valence-corrected chi connectivity index (χ3v) is 5.71. The van der Waals surface area contributed by atoms with Gasteiger partial charge in [-0.2, -0.15) is 0 Å². The molecule has 126 valence electrons. The molecule has 0 unspecified atom stereocenters. The van der Waals surface area contributed by atoms with Crippen LogP contribution in [0.5, 0.6) is 0 Å². The molecule has 4 rings (SSSR count). The van der Waals surface area contributed by atoms with Crippen molar-refractivity contribution in [2.75, 3.05) is 11.4 Å². The Kier molecular flexibility index (Phi) is 4.09. The summed E-state index contributed by atoms with van der Waals surface area (Å²) in [5.41, 5.74) is 1.80. The smallest absolute Gasteiger partial charge is 0.259 e. The van der Waals surface area contributed by atoms with Crippen LogP contribution in [0.4, 0.5) is 5.69 Å². The molecule has 1 aromatic heterocycles. The number of rotatable bonds is 1. The van der Waals surface area contributed by atoms with E-state index in [4.69, 9.17) is 0 Å². The van der Waals surface area contributed by atoms with Crippen molar-refractivity contribution in [3.63, 3.8) is 0 Å². The fraction of sp³-hybridized carbons (Fsp3) is 0.200. The van der Waals surface area contributed by atoms with Crippen LogP contribution in [0.3, 0.4) is 0 Å². The molecular formula is C20H18N2O2S. The molecular weight excluding hydrogens is 332 g/mol. The zero-order chi connectivity index (χ0) is 17.4. The van der Waals surface area contributed by atoms with Crippen LogP contribution in [0.2, 0.25) is 0 Å². The van der Waals surface area contributed by atoms with Crippen LogP contribution < -0.4 is 10.5 Å². The van der Waals surface area contributed by atoms with Crippen LogP contribution in [0.25, 0.3) is 10.9 Å². The summed E-state index contributed by atoms with van der Waals surface area (Å²) in [4.78, 5) is 31.1. The number of aromatic nitrogens is 1. The van der Waals surface area contributed by atoms with Gasteiger partial charge in [-0.3, -0.25) is 9.59 Å². The van der Waals surface area contributed by atoms with E-state index in [9.17, 15) is 9.59 Å². The molecule has 0 aliphatic carbocycles. The summed E-state index contributed by atoms with van der Waals surface area (Å²) in [6, 6.07) is 16.8. The highest BCUT2D eigenvalue weighted by Crippen LogP contribution is 2.38. The van der Waals surface area contributed by atoms with E-state index in [1.165, 1.54) is 6.07 Å². The maximum atomic E-state index is 13.4. The third kappa shape index (κ3) is 2.96. The van der Waals surface area contributed by atoms with Crippen LogP contribution >= 0.6 is 11.8 Å². The summed E-state index contributed by atoms with van der Waals surface area (Å²) < 4.78 is 0. The number of nitrogens with zero attached hydrogens (tertiary/aromatic N) is 1. The van der Waals surface area contributed by atoms with Crippen molar-refractivity contribution < 1.29 is 4.79 Å². The molecule has 0 fully saturated rings. The van der Waals surface area contributed by atoms with Gasteiger partial charge in [0, 0.05) is 33.7 Å². The van der Waals surface area contributed by atoms with E-state index in [1.807, 2.05) is 47.4 Å². The number of aromatic amines is 1. The normalized spacial score (nSPS) is 17.2. The van der Waals surface area contributed by atoms with Gasteiger partial charge in [-0.25, -0.2) is 0 Å². The summed E-state index contributed by atoms with van der Waals surface area (Å²) in [7, 11) is 0. The largest absolute Gasteiger partial charge is 0.322 e. The van der Waals surface area contributed by atoms with Gasteiger partial charge >= 0.3 is 0 Å². The molecule has 1 amide bonds. The standard InChI is InChI=1S/C20H18N2O2S/c1-13-10-11-22(17-8-4-5-9-18(17)25-13)20(24)15-12-19(23)21-16-7-3-2-6-14(15)16/h2-9,12-13H,10-11H2,1H3,(H,21,23)/t13-/m1/s1. The van der Waals surface area contributed by atoms with E-state index in [0.29, 0.717) is 22.9 Å². The lowest BCUT2D eigenvalue weighted by Gasteiger charge is -2.23. The third-order valence-electron chi connectivity index (χ3n) is 4.47. The Morgan fingerprint density at radius 1 is 1.16 bits per heavy atom. The summed E-state index contributed by atoms with van der Waals surface area (Å²) in [5, 5.41) is 1.21. The maximum absolute atomic E-state index is 13.4. The Bertz CT molecular complexity index is 1010. The molecule has 0 radical (unpaired) electrons. The minimum Gasteiger partial charge on any atom is -0.322 e. The fourth-order valence-electron chi connectivity index (χ4n) is 3.22. The predicted molar refractivity (Wildman–Crippen MR) is 103 cm³/mol. The first-order valence-corrected chi connectivity index (χ1v) is 9.21. The lowest BCUT2D eigenvalue weighted by atomic mass is 10.1. The van der Waals surface area contributed by atoms with Crippen LogP contribution in [-0.2, 0) is 0 Å². The molecule has 1 atom stereocenters. The summed E-state index contributed by atoms with van der Waals surface area (Å²) >= 11 is 1.79. The van der Waals surface area contributed by atoms with Crippen LogP contribution in [0.1, 0.15) is 23.7 Å². The SMILES string of the molecule is C[C@@H]1CCN(C(=O)c2cc(=O)[nH]c3ccccc23)c2ccccc2S1. The number of anilines is 1. The number of nitrogens with one attached hydrogen (secondary N) is 1. The molecule has 0 bridgehead atoms. The minimum absolute atomic E-state index is 0.121. The second kappa shape index (κ2) is 6.41. The number of benzene rings is 2. The molecule has 0 saturated heterocycles. The average Bonchev–Trinajstić information content (AvgIpc) is 2.78. The molecule has 25 heavy (non-hydrogen) atoms. The molecule has 0 saturated carbocycles. The average molecular weight is 350 g/mol. The zero-order valence-corrected chi connectivity index (χ0v) is 14.7. The van der Waals surface area contributed by atoms with Gasteiger partial charge < -0.3 is 9.88 Å². The van der Waals surface area contributed by atoms with E-state index in [-0.39, 0.29) is 11.5 Å². The van der Waals surface area contributed by atoms with Crippen LogP contribution in [0, 0.1) is 0 Å². The Morgan fingerprint density at radius 2 is 1.92 bits per heavy atom.